The van der Waals surface area contributed by atoms with Crippen molar-refractivity contribution in [2.75, 3.05) is 25.0 Å². The highest BCUT2D eigenvalue weighted by Gasteiger charge is 2.03. The number of nitro benzene ring substituents is 1. The molecule has 0 radical (unpaired) electrons. The molecule has 0 bridgehead atoms. The highest BCUT2D eigenvalue weighted by atomic mass is 127. The van der Waals surface area contributed by atoms with E-state index in [9.17, 15) is 10.1 Å². The molecule has 0 saturated carbocycles. The SMILES string of the molecule is CCNC(=NCc1ccnn1C)NCCNc1ccc([N+](=O)[O-])cc1.I. The third-order valence-electron chi connectivity index (χ3n) is 3.49. The van der Waals surface area contributed by atoms with Crippen LogP contribution in [0.2, 0.25) is 0 Å². The van der Waals surface area contributed by atoms with Gasteiger partial charge in [0.15, 0.2) is 5.96 Å². The molecule has 1 aromatic carbocycles. The lowest BCUT2D eigenvalue weighted by atomic mass is 10.3. The maximum Gasteiger partial charge on any atom is 0.269 e. The molecular weight excluding hydrogens is 449 g/mol. The molecule has 3 N–H and O–H groups in total. The number of aryl methyl sites for hydroxylation is 1. The van der Waals surface area contributed by atoms with Crippen molar-refractivity contribution < 1.29 is 4.92 Å². The minimum absolute atomic E-state index is 0. The summed E-state index contributed by atoms with van der Waals surface area (Å²) >= 11 is 0. The monoisotopic (exact) mass is 473 g/mol. The number of nitro groups is 1. The van der Waals surface area contributed by atoms with Crippen LogP contribution in [0.1, 0.15) is 12.6 Å². The largest absolute Gasteiger partial charge is 0.383 e. The van der Waals surface area contributed by atoms with Crippen LogP contribution in [0.5, 0.6) is 0 Å². The molecule has 2 aromatic rings. The Morgan fingerprint density at radius 3 is 2.54 bits per heavy atom. The van der Waals surface area contributed by atoms with Crippen LogP contribution in [0.25, 0.3) is 0 Å². The van der Waals surface area contributed by atoms with Crippen LogP contribution in [0.4, 0.5) is 11.4 Å². The molecule has 0 spiro atoms. The quantitative estimate of drug-likeness (QED) is 0.135. The van der Waals surface area contributed by atoms with Gasteiger partial charge in [0, 0.05) is 50.7 Å². The second-order valence-electron chi connectivity index (χ2n) is 5.30. The van der Waals surface area contributed by atoms with E-state index >= 15 is 0 Å². The van der Waals surface area contributed by atoms with Gasteiger partial charge in [-0.05, 0) is 25.1 Å². The molecule has 142 valence electrons. The number of benzene rings is 1. The van der Waals surface area contributed by atoms with Crippen molar-refractivity contribution in [2.24, 2.45) is 12.0 Å². The zero-order chi connectivity index (χ0) is 18.1. The summed E-state index contributed by atoms with van der Waals surface area (Å²) in [4.78, 5) is 14.7. The summed E-state index contributed by atoms with van der Waals surface area (Å²) in [6.45, 7) is 4.65. The molecule has 0 aliphatic heterocycles. The standard InChI is InChI=1S/C16H23N7O2.HI/c1-3-17-16(20-12-15-8-9-21-22(15)2)19-11-10-18-13-4-6-14(7-5-13)23(24)25;/h4-9,18H,3,10-12H2,1-2H3,(H2,17,19,20);1H. The first-order valence-corrected chi connectivity index (χ1v) is 8.07. The molecular formula is C16H24IN7O2. The van der Waals surface area contributed by atoms with Crippen molar-refractivity contribution in [3.63, 3.8) is 0 Å². The van der Waals surface area contributed by atoms with Crippen molar-refractivity contribution in [1.29, 1.82) is 0 Å². The number of non-ortho nitro benzene ring substituents is 1. The lowest BCUT2D eigenvalue weighted by Crippen LogP contribution is -2.39. The first-order valence-electron chi connectivity index (χ1n) is 8.07. The normalized spacial score (nSPS) is 10.8. The third-order valence-corrected chi connectivity index (χ3v) is 3.49. The highest BCUT2D eigenvalue weighted by Crippen LogP contribution is 2.14. The predicted octanol–water partition coefficient (Wildman–Crippen LogP) is 2.11. The Morgan fingerprint density at radius 1 is 1.23 bits per heavy atom. The average molecular weight is 473 g/mol. The van der Waals surface area contributed by atoms with Gasteiger partial charge in [0.05, 0.1) is 17.2 Å². The van der Waals surface area contributed by atoms with Crippen LogP contribution in [0.15, 0.2) is 41.5 Å². The van der Waals surface area contributed by atoms with Gasteiger partial charge in [-0.3, -0.25) is 14.8 Å². The maximum atomic E-state index is 10.6. The van der Waals surface area contributed by atoms with Gasteiger partial charge in [-0.15, -0.1) is 24.0 Å². The van der Waals surface area contributed by atoms with E-state index in [0.717, 1.165) is 23.9 Å². The number of halogens is 1. The van der Waals surface area contributed by atoms with Crippen LogP contribution in [-0.2, 0) is 13.6 Å². The van der Waals surface area contributed by atoms with E-state index in [1.165, 1.54) is 12.1 Å². The van der Waals surface area contributed by atoms with E-state index in [4.69, 9.17) is 0 Å². The Kier molecular flexibility index (Phi) is 9.41. The number of rotatable bonds is 8. The first-order chi connectivity index (χ1) is 12.1. The number of hydrogen-bond acceptors (Lipinski definition) is 5. The summed E-state index contributed by atoms with van der Waals surface area (Å²) in [5, 5.41) is 24.4. The topological polar surface area (TPSA) is 109 Å². The molecule has 0 amide bonds. The maximum absolute atomic E-state index is 10.6. The highest BCUT2D eigenvalue weighted by molar-refractivity contribution is 14.0. The van der Waals surface area contributed by atoms with E-state index < -0.39 is 4.92 Å². The number of nitrogens with one attached hydrogen (secondary N) is 3. The van der Waals surface area contributed by atoms with Crippen LogP contribution < -0.4 is 16.0 Å². The summed E-state index contributed by atoms with van der Waals surface area (Å²) in [7, 11) is 1.89. The van der Waals surface area contributed by atoms with Crippen molar-refractivity contribution >= 4 is 41.3 Å². The molecule has 1 heterocycles. The van der Waals surface area contributed by atoms with Crippen LogP contribution in [0, 0.1) is 10.1 Å². The van der Waals surface area contributed by atoms with Gasteiger partial charge in [0.1, 0.15) is 0 Å². The number of aromatic nitrogens is 2. The van der Waals surface area contributed by atoms with Crippen molar-refractivity contribution in [1.82, 2.24) is 20.4 Å². The summed E-state index contributed by atoms with van der Waals surface area (Å²) in [6.07, 6.45) is 1.75. The molecule has 0 saturated heterocycles. The molecule has 0 aliphatic carbocycles. The van der Waals surface area contributed by atoms with Crippen molar-refractivity contribution in [3.05, 3.63) is 52.3 Å². The fraction of sp³-hybridized carbons (Fsp3) is 0.375. The van der Waals surface area contributed by atoms with E-state index in [1.54, 1.807) is 23.0 Å². The summed E-state index contributed by atoms with van der Waals surface area (Å²) < 4.78 is 1.79. The average Bonchev–Trinajstić information content (AvgIpc) is 3.02. The zero-order valence-electron chi connectivity index (χ0n) is 14.8. The molecule has 0 atom stereocenters. The molecule has 1 aromatic heterocycles. The molecule has 0 unspecified atom stereocenters. The van der Waals surface area contributed by atoms with Crippen LogP contribution in [-0.4, -0.2) is 40.3 Å². The molecule has 26 heavy (non-hydrogen) atoms. The van der Waals surface area contributed by atoms with Gasteiger partial charge in [-0.25, -0.2) is 4.99 Å². The summed E-state index contributed by atoms with van der Waals surface area (Å²) in [6, 6.07) is 8.28. The lowest BCUT2D eigenvalue weighted by molar-refractivity contribution is -0.384. The van der Waals surface area contributed by atoms with Crippen molar-refractivity contribution in [3.8, 4) is 0 Å². The van der Waals surface area contributed by atoms with E-state index in [-0.39, 0.29) is 29.7 Å². The van der Waals surface area contributed by atoms with Gasteiger partial charge >= 0.3 is 0 Å². The Morgan fingerprint density at radius 2 is 1.96 bits per heavy atom. The van der Waals surface area contributed by atoms with Gasteiger partial charge in [-0.1, -0.05) is 0 Å². The fourth-order valence-electron chi connectivity index (χ4n) is 2.15. The van der Waals surface area contributed by atoms with E-state index in [2.05, 4.69) is 26.0 Å². The second-order valence-corrected chi connectivity index (χ2v) is 5.30. The second kappa shape index (κ2) is 11.3. The van der Waals surface area contributed by atoms with Crippen molar-refractivity contribution in [2.45, 2.75) is 13.5 Å². The Hall–Kier alpha value is -2.37. The lowest BCUT2D eigenvalue weighted by Gasteiger charge is -2.12. The molecule has 9 nitrogen and oxygen atoms in total. The van der Waals surface area contributed by atoms with Crippen LogP contribution >= 0.6 is 24.0 Å². The third kappa shape index (κ3) is 6.86. The number of aliphatic imine (C=N–C) groups is 1. The van der Waals surface area contributed by atoms with Gasteiger partial charge in [-0.2, -0.15) is 5.10 Å². The minimum atomic E-state index is -0.410. The number of nitrogens with zero attached hydrogens (tertiary/aromatic N) is 4. The fourth-order valence-corrected chi connectivity index (χ4v) is 2.15. The number of anilines is 1. The molecule has 2 rings (SSSR count). The first kappa shape index (κ1) is 21.7. The summed E-state index contributed by atoms with van der Waals surface area (Å²) in [5.74, 6) is 0.731. The van der Waals surface area contributed by atoms with E-state index in [1.807, 2.05) is 20.0 Å². The Bertz CT molecular complexity index is 716. The van der Waals surface area contributed by atoms with Gasteiger partial charge in [0.25, 0.3) is 5.69 Å². The van der Waals surface area contributed by atoms with Gasteiger partial charge < -0.3 is 16.0 Å². The number of guanidine groups is 1. The summed E-state index contributed by atoms with van der Waals surface area (Å²) in [5.41, 5.74) is 1.95. The smallest absolute Gasteiger partial charge is 0.269 e. The van der Waals surface area contributed by atoms with E-state index in [0.29, 0.717) is 19.6 Å². The number of hydrogen-bond donors (Lipinski definition) is 3. The molecule has 0 aliphatic rings. The molecule has 10 heteroatoms. The zero-order valence-corrected chi connectivity index (χ0v) is 17.1. The molecule has 0 fully saturated rings. The Balaban J connectivity index is 0.00000338. The van der Waals surface area contributed by atoms with Crippen LogP contribution in [0.3, 0.4) is 0 Å². The van der Waals surface area contributed by atoms with Gasteiger partial charge in [0.2, 0.25) is 0 Å². The predicted molar refractivity (Wildman–Crippen MR) is 113 cm³/mol. The Labute approximate surface area is 169 Å². The minimum Gasteiger partial charge on any atom is -0.383 e.